The molecule has 0 amide bonds. The summed E-state index contributed by atoms with van der Waals surface area (Å²) in [4.78, 5) is 13.4. The second-order valence-electron chi connectivity index (χ2n) is 5.19. The largest absolute Gasteiger partial charge is 0.301 e. The molecule has 0 bridgehead atoms. The van der Waals surface area contributed by atoms with Gasteiger partial charge in [0.05, 0.1) is 0 Å². The number of hydrogen-bond acceptors (Lipinski definition) is 2. The van der Waals surface area contributed by atoms with E-state index in [1.165, 1.54) is 32.4 Å². The van der Waals surface area contributed by atoms with Crippen molar-refractivity contribution in [3.05, 3.63) is 0 Å². The highest BCUT2D eigenvalue weighted by Crippen LogP contribution is 2.22. The molecular formula is C13H25NO. The minimum Gasteiger partial charge on any atom is -0.301 e. The Bertz CT molecular complexity index is 201. The summed E-state index contributed by atoms with van der Waals surface area (Å²) in [7, 11) is 0. The van der Waals surface area contributed by atoms with Crippen molar-refractivity contribution < 1.29 is 4.79 Å². The van der Waals surface area contributed by atoms with E-state index in [-0.39, 0.29) is 0 Å². The molecular weight excluding hydrogens is 186 g/mol. The summed E-state index contributed by atoms with van der Waals surface area (Å²) >= 11 is 0. The Morgan fingerprint density at radius 1 is 1.47 bits per heavy atom. The number of likely N-dealkylation sites (tertiary alicyclic amines) is 1. The van der Waals surface area contributed by atoms with E-state index in [4.69, 9.17) is 0 Å². The lowest BCUT2D eigenvalue weighted by atomic mass is 9.92. The van der Waals surface area contributed by atoms with Crippen molar-refractivity contribution in [2.45, 2.75) is 58.9 Å². The Kier molecular flexibility index (Phi) is 5.30. The summed E-state index contributed by atoms with van der Waals surface area (Å²) in [5.41, 5.74) is 0. The predicted octanol–water partition coefficient (Wildman–Crippen LogP) is 2.87. The highest BCUT2D eigenvalue weighted by Gasteiger charge is 2.20. The molecule has 0 aliphatic carbocycles. The van der Waals surface area contributed by atoms with Crippen molar-refractivity contribution in [3.63, 3.8) is 0 Å². The fourth-order valence-corrected chi connectivity index (χ4v) is 2.44. The van der Waals surface area contributed by atoms with Gasteiger partial charge in [0, 0.05) is 19.0 Å². The second kappa shape index (κ2) is 6.26. The average Bonchev–Trinajstić information content (AvgIpc) is 2.17. The van der Waals surface area contributed by atoms with E-state index in [2.05, 4.69) is 18.7 Å². The standard InChI is InChI=1S/C13H25NO/c1-11(2)14-9-5-8-13(10-14)7-4-6-12(3)15/h11,13H,4-10H2,1-3H3. The molecule has 0 aromatic heterocycles. The Balaban J connectivity index is 2.21. The van der Waals surface area contributed by atoms with Gasteiger partial charge in [-0.3, -0.25) is 0 Å². The summed E-state index contributed by atoms with van der Waals surface area (Å²) in [5, 5.41) is 0. The van der Waals surface area contributed by atoms with Gasteiger partial charge in [-0.1, -0.05) is 0 Å². The molecule has 1 aliphatic rings. The van der Waals surface area contributed by atoms with E-state index in [1.54, 1.807) is 6.92 Å². The Hall–Kier alpha value is -0.370. The summed E-state index contributed by atoms with van der Waals surface area (Å²) in [6.07, 6.45) is 5.80. The quantitative estimate of drug-likeness (QED) is 0.697. The summed E-state index contributed by atoms with van der Waals surface area (Å²) in [5.74, 6) is 1.17. The molecule has 0 spiro atoms. The molecule has 1 unspecified atom stereocenters. The molecule has 0 N–H and O–H groups in total. The van der Waals surface area contributed by atoms with Gasteiger partial charge in [0.2, 0.25) is 0 Å². The van der Waals surface area contributed by atoms with Gasteiger partial charge in [0.1, 0.15) is 5.78 Å². The van der Waals surface area contributed by atoms with Crippen LogP contribution < -0.4 is 0 Å². The number of carbonyl (C=O) groups excluding carboxylic acids is 1. The monoisotopic (exact) mass is 211 g/mol. The molecule has 88 valence electrons. The van der Waals surface area contributed by atoms with Gasteiger partial charge < -0.3 is 9.69 Å². The maximum atomic E-state index is 10.8. The minimum atomic E-state index is 0.339. The van der Waals surface area contributed by atoms with E-state index in [1.807, 2.05) is 0 Å². The van der Waals surface area contributed by atoms with Crippen LogP contribution in [-0.4, -0.2) is 29.8 Å². The van der Waals surface area contributed by atoms with Crippen molar-refractivity contribution in [1.82, 2.24) is 4.90 Å². The first-order chi connectivity index (χ1) is 7.09. The van der Waals surface area contributed by atoms with Gasteiger partial charge in [-0.05, 0) is 58.9 Å². The highest BCUT2D eigenvalue weighted by atomic mass is 16.1. The van der Waals surface area contributed by atoms with E-state index in [0.717, 1.165) is 18.8 Å². The number of nitrogens with zero attached hydrogens (tertiary/aromatic N) is 1. The topological polar surface area (TPSA) is 20.3 Å². The first kappa shape index (κ1) is 12.7. The van der Waals surface area contributed by atoms with Crippen LogP contribution in [0.15, 0.2) is 0 Å². The zero-order valence-corrected chi connectivity index (χ0v) is 10.5. The van der Waals surface area contributed by atoms with Crippen LogP contribution >= 0.6 is 0 Å². The summed E-state index contributed by atoms with van der Waals surface area (Å²) in [6.45, 7) is 8.76. The van der Waals surface area contributed by atoms with Gasteiger partial charge in [0.15, 0.2) is 0 Å². The van der Waals surface area contributed by atoms with Crippen LogP contribution in [0.1, 0.15) is 52.9 Å². The highest BCUT2D eigenvalue weighted by molar-refractivity contribution is 5.75. The van der Waals surface area contributed by atoms with E-state index in [0.29, 0.717) is 11.8 Å². The van der Waals surface area contributed by atoms with Gasteiger partial charge in [-0.25, -0.2) is 0 Å². The number of carbonyl (C=O) groups is 1. The fraction of sp³-hybridized carbons (Fsp3) is 0.923. The number of ketones is 1. The number of hydrogen-bond donors (Lipinski definition) is 0. The average molecular weight is 211 g/mol. The van der Waals surface area contributed by atoms with E-state index >= 15 is 0 Å². The SMILES string of the molecule is CC(=O)CCCC1CCCN(C(C)C)C1. The first-order valence-electron chi connectivity index (χ1n) is 6.33. The van der Waals surface area contributed by atoms with Gasteiger partial charge in [-0.2, -0.15) is 0 Å². The Morgan fingerprint density at radius 2 is 2.20 bits per heavy atom. The lowest BCUT2D eigenvalue weighted by Gasteiger charge is -2.35. The lowest BCUT2D eigenvalue weighted by Crippen LogP contribution is -2.39. The van der Waals surface area contributed by atoms with Crippen LogP contribution in [0.25, 0.3) is 0 Å². The van der Waals surface area contributed by atoms with Crippen molar-refractivity contribution in [1.29, 1.82) is 0 Å². The van der Waals surface area contributed by atoms with Gasteiger partial charge in [-0.15, -0.1) is 0 Å². The molecule has 1 heterocycles. The van der Waals surface area contributed by atoms with Gasteiger partial charge in [0.25, 0.3) is 0 Å². The molecule has 1 atom stereocenters. The van der Waals surface area contributed by atoms with Crippen LogP contribution in [0.5, 0.6) is 0 Å². The molecule has 0 radical (unpaired) electrons. The Morgan fingerprint density at radius 3 is 2.80 bits per heavy atom. The third kappa shape index (κ3) is 4.78. The maximum Gasteiger partial charge on any atom is 0.129 e. The third-order valence-electron chi connectivity index (χ3n) is 3.42. The fourth-order valence-electron chi connectivity index (χ4n) is 2.44. The molecule has 2 nitrogen and oxygen atoms in total. The van der Waals surface area contributed by atoms with Crippen molar-refractivity contribution >= 4 is 5.78 Å². The zero-order chi connectivity index (χ0) is 11.3. The third-order valence-corrected chi connectivity index (χ3v) is 3.42. The van der Waals surface area contributed by atoms with Crippen molar-refractivity contribution in [2.75, 3.05) is 13.1 Å². The molecule has 0 aromatic rings. The molecule has 2 heteroatoms. The van der Waals surface area contributed by atoms with Crippen LogP contribution in [0.4, 0.5) is 0 Å². The van der Waals surface area contributed by atoms with E-state index in [9.17, 15) is 4.79 Å². The zero-order valence-electron chi connectivity index (χ0n) is 10.5. The van der Waals surface area contributed by atoms with Crippen LogP contribution in [0, 0.1) is 5.92 Å². The van der Waals surface area contributed by atoms with Crippen molar-refractivity contribution in [3.8, 4) is 0 Å². The molecule has 0 saturated carbocycles. The second-order valence-corrected chi connectivity index (χ2v) is 5.19. The number of piperidine rings is 1. The molecule has 15 heavy (non-hydrogen) atoms. The number of Topliss-reactive ketones (excluding diaryl/α,β-unsaturated/α-hetero) is 1. The van der Waals surface area contributed by atoms with Crippen LogP contribution in [-0.2, 0) is 4.79 Å². The normalized spacial score (nSPS) is 23.3. The van der Waals surface area contributed by atoms with Crippen LogP contribution in [0.3, 0.4) is 0 Å². The maximum absolute atomic E-state index is 10.8. The van der Waals surface area contributed by atoms with Crippen molar-refractivity contribution in [2.24, 2.45) is 5.92 Å². The lowest BCUT2D eigenvalue weighted by molar-refractivity contribution is -0.117. The molecule has 0 aromatic carbocycles. The van der Waals surface area contributed by atoms with Crippen LogP contribution in [0.2, 0.25) is 0 Å². The predicted molar refractivity (Wildman–Crippen MR) is 64.0 cm³/mol. The summed E-state index contributed by atoms with van der Waals surface area (Å²) in [6, 6.07) is 0.681. The molecule has 1 saturated heterocycles. The van der Waals surface area contributed by atoms with Gasteiger partial charge >= 0.3 is 0 Å². The first-order valence-corrected chi connectivity index (χ1v) is 6.33. The number of rotatable bonds is 5. The summed E-state index contributed by atoms with van der Waals surface area (Å²) < 4.78 is 0. The smallest absolute Gasteiger partial charge is 0.129 e. The molecule has 1 aliphatic heterocycles. The van der Waals surface area contributed by atoms with E-state index < -0.39 is 0 Å². The molecule has 1 fully saturated rings. The molecule has 1 rings (SSSR count). The minimum absolute atomic E-state index is 0.339. The Labute approximate surface area is 94.0 Å².